The summed E-state index contributed by atoms with van der Waals surface area (Å²) in [5.41, 5.74) is 5.63. The highest BCUT2D eigenvalue weighted by atomic mass is 16.7. The molecule has 8 rings (SSSR count). The van der Waals surface area contributed by atoms with Gasteiger partial charge in [0, 0.05) is 31.7 Å². The highest BCUT2D eigenvalue weighted by molar-refractivity contribution is 6.05. The van der Waals surface area contributed by atoms with Gasteiger partial charge in [-0.3, -0.25) is 9.59 Å². The van der Waals surface area contributed by atoms with E-state index in [1.807, 2.05) is 37.1 Å². The average Bonchev–Trinajstić information content (AvgIpc) is 4.14. The highest BCUT2D eigenvalue weighted by Crippen LogP contribution is 2.43. The Labute approximate surface area is 353 Å². The molecule has 1 unspecified atom stereocenters. The third kappa shape index (κ3) is 8.16. The first-order chi connectivity index (χ1) is 29.4. The van der Waals surface area contributed by atoms with Gasteiger partial charge in [-0.15, -0.1) is 0 Å². The number of H-pyrrole nitrogens is 1. The number of likely N-dealkylation sites (tertiary alicyclic amines) is 2. The van der Waals surface area contributed by atoms with E-state index in [2.05, 4.69) is 68.7 Å². The van der Waals surface area contributed by atoms with Crippen LogP contribution in [0.3, 0.4) is 0 Å². The van der Waals surface area contributed by atoms with Crippen molar-refractivity contribution in [2.45, 2.75) is 82.3 Å². The van der Waals surface area contributed by atoms with Gasteiger partial charge in [-0.2, -0.15) is 0 Å². The van der Waals surface area contributed by atoms with Gasteiger partial charge in [0.25, 0.3) is 0 Å². The van der Waals surface area contributed by atoms with Gasteiger partial charge in [0.2, 0.25) is 11.8 Å². The van der Waals surface area contributed by atoms with Crippen LogP contribution < -0.4 is 21.3 Å². The lowest BCUT2D eigenvalue weighted by molar-refractivity contribution is -0.154. The highest BCUT2D eigenvalue weighted by Gasteiger charge is 2.53. The van der Waals surface area contributed by atoms with Gasteiger partial charge in [-0.05, 0) is 59.9 Å². The SMILES string of the molecule is COC(=O)N[C@H](C(=O)N1CCC[C@H]1C1NC=C(c2ccc(-c3ccc4c(ccc5nc([C@@H]6CC7(CN6C(=O)[C@@H](NC(=O)OC)[C@@H](C)OC)OCCO7)[nH]c54)c3)cc2)N1)C(C)C. The van der Waals surface area contributed by atoms with E-state index in [0.717, 1.165) is 57.0 Å². The van der Waals surface area contributed by atoms with E-state index in [0.29, 0.717) is 32.0 Å². The first-order valence-corrected chi connectivity index (χ1v) is 20.8. The van der Waals surface area contributed by atoms with Crippen LogP contribution >= 0.6 is 0 Å². The summed E-state index contributed by atoms with van der Waals surface area (Å²) in [5, 5.41) is 14.4. The van der Waals surface area contributed by atoms with Crippen LogP contribution in [0.2, 0.25) is 0 Å². The Hall–Kier alpha value is -5.91. The lowest BCUT2D eigenvalue weighted by Gasteiger charge is -2.34. The second kappa shape index (κ2) is 17.2. The number of carbonyl (C=O) groups excluding carboxylic acids is 4. The molecule has 3 saturated heterocycles. The molecule has 5 heterocycles. The largest absolute Gasteiger partial charge is 0.453 e. The fourth-order valence-electron chi connectivity index (χ4n) is 9.00. The zero-order chi connectivity index (χ0) is 43.0. The molecule has 4 aromatic rings. The predicted molar refractivity (Wildman–Crippen MR) is 225 cm³/mol. The number of alkyl carbamates (subject to hydrolysis) is 2. The fraction of sp³-hybridized carbons (Fsp3) is 0.477. The van der Waals surface area contributed by atoms with E-state index >= 15 is 0 Å². The van der Waals surface area contributed by atoms with Gasteiger partial charge in [0.05, 0.1) is 68.9 Å². The lowest BCUT2D eigenvalue weighted by atomic mass is 9.99. The van der Waals surface area contributed by atoms with Gasteiger partial charge < -0.3 is 59.7 Å². The second-order valence-corrected chi connectivity index (χ2v) is 16.4. The summed E-state index contributed by atoms with van der Waals surface area (Å²) in [6.07, 6.45) is 1.86. The van der Waals surface area contributed by atoms with E-state index in [4.69, 9.17) is 28.7 Å². The summed E-state index contributed by atoms with van der Waals surface area (Å²) in [4.78, 5) is 64.1. The van der Waals surface area contributed by atoms with Crippen molar-refractivity contribution in [2.24, 2.45) is 5.92 Å². The molecule has 17 nitrogen and oxygen atoms in total. The molecular weight excluding hydrogens is 785 g/mol. The minimum absolute atomic E-state index is 0.0878. The Morgan fingerprint density at radius 3 is 2.21 bits per heavy atom. The molecule has 5 N–H and O–H groups in total. The molecule has 1 spiro atoms. The summed E-state index contributed by atoms with van der Waals surface area (Å²) in [5.74, 6) is -0.973. The summed E-state index contributed by atoms with van der Waals surface area (Å²) >= 11 is 0. The molecule has 0 saturated carbocycles. The molecule has 4 amide bonds. The van der Waals surface area contributed by atoms with Crippen molar-refractivity contribution >= 4 is 51.5 Å². The number of carbonyl (C=O) groups is 4. The Kier molecular flexibility index (Phi) is 11.8. The van der Waals surface area contributed by atoms with Crippen molar-refractivity contribution in [3.63, 3.8) is 0 Å². The van der Waals surface area contributed by atoms with Gasteiger partial charge in [0.15, 0.2) is 5.79 Å². The third-order valence-corrected chi connectivity index (χ3v) is 12.4. The van der Waals surface area contributed by atoms with Gasteiger partial charge in [-0.1, -0.05) is 56.3 Å². The molecule has 6 atom stereocenters. The number of nitrogens with zero attached hydrogens (tertiary/aromatic N) is 3. The molecule has 0 radical (unpaired) electrons. The number of hydrogen-bond donors (Lipinski definition) is 5. The Bertz CT molecular complexity index is 2320. The zero-order valence-corrected chi connectivity index (χ0v) is 35.3. The monoisotopic (exact) mass is 838 g/mol. The Morgan fingerprint density at radius 2 is 1.52 bits per heavy atom. The Morgan fingerprint density at radius 1 is 0.852 bits per heavy atom. The first-order valence-electron chi connectivity index (χ1n) is 20.8. The zero-order valence-electron chi connectivity index (χ0n) is 35.3. The standard InChI is InChI=1S/C44H54N8O9/c1-24(2)35(49-42(55)58-5)40(53)51-17-7-8-33(51)38-45-22-32(47-38)27-11-9-26(10-12-27)28-13-15-30-29(20-28)14-16-31-37(30)48-39(46-31)34-21-44(60-18-19-61-44)23-52(34)41(54)36(25(3)57-4)50-43(56)59-6/h9-16,20,22,24-25,33-36,38,45,47H,7-8,17-19,21,23H2,1-6H3,(H,46,48)(H,49,55)(H,50,56)/t25-,33+,34+,35+,36+,38?/m1/s1. The molecule has 0 aliphatic carbocycles. The third-order valence-electron chi connectivity index (χ3n) is 12.4. The van der Waals surface area contributed by atoms with Crippen LogP contribution in [0, 0.1) is 5.92 Å². The van der Waals surface area contributed by atoms with E-state index in [1.165, 1.54) is 21.3 Å². The summed E-state index contributed by atoms with van der Waals surface area (Å²) in [7, 11) is 4.02. The number of imidazole rings is 1. The van der Waals surface area contributed by atoms with Crippen LogP contribution in [0.25, 0.3) is 38.6 Å². The van der Waals surface area contributed by atoms with Crippen LogP contribution in [0.4, 0.5) is 9.59 Å². The summed E-state index contributed by atoms with van der Waals surface area (Å²) < 4.78 is 27.2. The minimum atomic E-state index is -1.02. The van der Waals surface area contributed by atoms with Crippen molar-refractivity contribution in [3.8, 4) is 11.1 Å². The maximum Gasteiger partial charge on any atom is 0.407 e. The van der Waals surface area contributed by atoms with Gasteiger partial charge in [0.1, 0.15) is 24.1 Å². The molecule has 3 fully saturated rings. The van der Waals surface area contributed by atoms with E-state index < -0.39 is 42.2 Å². The number of ether oxygens (including phenoxy) is 5. The summed E-state index contributed by atoms with van der Waals surface area (Å²) in [6, 6.07) is 16.4. The van der Waals surface area contributed by atoms with E-state index in [-0.39, 0.29) is 36.5 Å². The van der Waals surface area contributed by atoms with Crippen molar-refractivity contribution in [1.29, 1.82) is 0 Å². The maximum absolute atomic E-state index is 14.2. The normalized spacial score (nSPS) is 22.2. The molecule has 4 aliphatic rings. The fourth-order valence-corrected chi connectivity index (χ4v) is 9.00. The molecule has 3 aromatic carbocycles. The molecule has 17 heteroatoms. The van der Waals surface area contributed by atoms with Crippen LogP contribution in [-0.4, -0.2) is 128 Å². The number of rotatable bonds is 11. The number of hydrogen-bond acceptors (Lipinski definition) is 12. The van der Waals surface area contributed by atoms with Crippen LogP contribution in [0.5, 0.6) is 0 Å². The number of aromatic nitrogens is 2. The van der Waals surface area contributed by atoms with Crippen molar-refractivity contribution < 1.29 is 42.9 Å². The van der Waals surface area contributed by atoms with Crippen LogP contribution in [-0.2, 0) is 33.3 Å². The summed E-state index contributed by atoms with van der Waals surface area (Å²) in [6.45, 7) is 7.14. The minimum Gasteiger partial charge on any atom is -0.453 e. The predicted octanol–water partition coefficient (Wildman–Crippen LogP) is 4.35. The van der Waals surface area contributed by atoms with Crippen molar-refractivity contribution in [1.82, 2.24) is 41.0 Å². The molecule has 61 heavy (non-hydrogen) atoms. The first kappa shape index (κ1) is 41.8. The number of benzene rings is 3. The quantitative estimate of drug-likeness (QED) is 0.144. The smallest absolute Gasteiger partial charge is 0.407 e. The molecule has 4 aliphatic heterocycles. The molecular formula is C44H54N8O9. The number of aromatic amines is 1. The Balaban J connectivity index is 0.983. The van der Waals surface area contributed by atoms with E-state index in [9.17, 15) is 19.2 Å². The van der Waals surface area contributed by atoms with Gasteiger partial charge in [-0.25, -0.2) is 14.6 Å². The number of amides is 4. The molecule has 0 bridgehead atoms. The van der Waals surface area contributed by atoms with Crippen molar-refractivity contribution in [2.75, 3.05) is 47.6 Å². The topological polar surface area (TPSA) is 198 Å². The van der Waals surface area contributed by atoms with E-state index in [1.54, 1.807) is 11.8 Å². The number of nitrogens with one attached hydrogen (secondary N) is 5. The average molecular weight is 839 g/mol. The van der Waals surface area contributed by atoms with Crippen LogP contribution in [0.1, 0.15) is 57.5 Å². The second-order valence-electron chi connectivity index (χ2n) is 16.4. The maximum atomic E-state index is 14.2. The van der Waals surface area contributed by atoms with Crippen molar-refractivity contribution in [3.05, 3.63) is 72.2 Å². The molecule has 324 valence electrons. The van der Waals surface area contributed by atoms with Gasteiger partial charge >= 0.3 is 12.2 Å². The molecule has 1 aromatic heterocycles. The lowest BCUT2D eigenvalue weighted by Crippen LogP contribution is -2.57. The number of fused-ring (bicyclic) bond motifs is 3. The van der Waals surface area contributed by atoms with Crippen LogP contribution in [0.15, 0.2) is 60.8 Å². The number of methoxy groups -OCH3 is 3.